The Morgan fingerprint density at radius 2 is 2.00 bits per heavy atom. The second-order valence-electron chi connectivity index (χ2n) is 3.45. The highest BCUT2D eigenvalue weighted by atomic mass is 32.2. The van der Waals surface area contributed by atoms with Gasteiger partial charge in [-0.3, -0.25) is 0 Å². The fourth-order valence-corrected chi connectivity index (χ4v) is 1.28. The van der Waals surface area contributed by atoms with Gasteiger partial charge in [-0.1, -0.05) is 13.8 Å². The first-order chi connectivity index (χ1) is 6.99. The molecule has 3 N–H and O–H groups in total. The molecule has 0 aromatic heterocycles. The van der Waals surface area contributed by atoms with E-state index in [1.54, 1.807) is 25.6 Å². The van der Waals surface area contributed by atoms with Crippen molar-refractivity contribution < 1.29 is 14.7 Å². The summed E-state index contributed by atoms with van der Waals surface area (Å²) in [5.74, 6) is -0.328. The molecule has 88 valence electrons. The molecule has 0 unspecified atom stereocenters. The number of urea groups is 1. The van der Waals surface area contributed by atoms with Gasteiger partial charge in [0.05, 0.1) is 0 Å². The van der Waals surface area contributed by atoms with Crippen molar-refractivity contribution in [1.29, 1.82) is 0 Å². The molecule has 0 saturated heterocycles. The highest BCUT2D eigenvalue weighted by molar-refractivity contribution is 7.98. The molecule has 0 aliphatic carbocycles. The van der Waals surface area contributed by atoms with E-state index in [4.69, 9.17) is 5.11 Å². The van der Waals surface area contributed by atoms with Crippen molar-refractivity contribution in [1.82, 2.24) is 10.6 Å². The normalized spacial score (nSPS) is 12.3. The monoisotopic (exact) mass is 234 g/mol. The molecule has 1 atom stereocenters. The van der Waals surface area contributed by atoms with Gasteiger partial charge >= 0.3 is 12.0 Å². The minimum absolute atomic E-state index is 0.131. The molecular weight excluding hydrogens is 216 g/mol. The van der Waals surface area contributed by atoms with Gasteiger partial charge < -0.3 is 15.7 Å². The van der Waals surface area contributed by atoms with Crippen LogP contribution >= 0.6 is 11.8 Å². The molecule has 0 spiro atoms. The maximum Gasteiger partial charge on any atom is 0.326 e. The van der Waals surface area contributed by atoms with E-state index in [1.807, 2.05) is 6.26 Å². The number of rotatable bonds is 6. The molecule has 0 aromatic carbocycles. The lowest BCUT2D eigenvalue weighted by Crippen LogP contribution is -2.48. The van der Waals surface area contributed by atoms with Gasteiger partial charge in [0.1, 0.15) is 6.04 Å². The summed E-state index contributed by atoms with van der Waals surface area (Å²) in [4.78, 5) is 22.0. The number of amides is 2. The van der Waals surface area contributed by atoms with E-state index in [2.05, 4.69) is 10.6 Å². The Hall–Kier alpha value is -0.910. The summed E-state index contributed by atoms with van der Waals surface area (Å²) in [5, 5.41) is 13.8. The summed E-state index contributed by atoms with van der Waals surface area (Å²) >= 11 is 1.62. The molecule has 0 radical (unpaired) electrons. The van der Waals surface area contributed by atoms with Crippen LogP contribution < -0.4 is 10.6 Å². The Morgan fingerprint density at radius 1 is 1.40 bits per heavy atom. The fourth-order valence-electron chi connectivity index (χ4n) is 0.972. The van der Waals surface area contributed by atoms with Crippen LogP contribution in [0.4, 0.5) is 4.79 Å². The molecule has 0 rings (SSSR count). The lowest BCUT2D eigenvalue weighted by molar-refractivity contribution is -0.140. The summed E-state index contributed by atoms with van der Waals surface area (Å²) in [6.45, 7) is 4.04. The fraction of sp³-hybridized carbons (Fsp3) is 0.778. The average molecular weight is 234 g/mol. The number of carbonyl (C=O) groups excluding carboxylic acids is 1. The van der Waals surface area contributed by atoms with Crippen LogP contribution in [-0.4, -0.2) is 41.7 Å². The Bertz CT molecular complexity index is 221. The number of nitrogens with one attached hydrogen (secondary N) is 2. The second-order valence-corrected chi connectivity index (χ2v) is 4.44. The highest BCUT2D eigenvalue weighted by Crippen LogP contribution is 2.01. The van der Waals surface area contributed by atoms with Crippen LogP contribution in [0.5, 0.6) is 0 Å². The first-order valence-corrected chi connectivity index (χ1v) is 6.14. The third kappa shape index (κ3) is 6.22. The van der Waals surface area contributed by atoms with Crippen molar-refractivity contribution in [2.24, 2.45) is 5.92 Å². The van der Waals surface area contributed by atoms with Gasteiger partial charge in [0.25, 0.3) is 0 Å². The van der Waals surface area contributed by atoms with Crippen LogP contribution in [0.15, 0.2) is 0 Å². The summed E-state index contributed by atoms with van der Waals surface area (Å²) in [6.07, 6.45) is 1.94. The van der Waals surface area contributed by atoms with Gasteiger partial charge in [0.15, 0.2) is 0 Å². The quantitative estimate of drug-likeness (QED) is 0.593. The van der Waals surface area contributed by atoms with Gasteiger partial charge in [0, 0.05) is 12.3 Å². The molecule has 0 saturated carbocycles. The van der Waals surface area contributed by atoms with E-state index in [9.17, 15) is 9.59 Å². The highest BCUT2D eigenvalue weighted by Gasteiger charge is 2.22. The Morgan fingerprint density at radius 3 is 2.40 bits per heavy atom. The van der Waals surface area contributed by atoms with Gasteiger partial charge in [-0.2, -0.15) is 11.8 Å². The van der Waals surface area contributed by atoms with Crippen LogP contribution in [-0.2, 0) is 4.79 Å². The summed E-state index contributed by atoms with van der Waals surface area (Å²) in [6, 6.07) is -1.26. The molecule has 0 bridgehead atoms. The number of carboxylic acid groups (broad SMARTS) is 1. The van der Waals surface area contributed by atoms with Crippen LogP contribution in [0.3, 0.4) is 0 Å². The Balaban J connectivity index is 3.95. The molecule has 6 heteroatoms. The topological polar surface area (TPSA) is 78.4 Å². The summed E-state index contributed by atoms with van der Waals surface area (Å²) in [7, 11) is 0. The first kappa shape index (κ1) is 14.1. The van der Waals surface area contributed by atoms with E-state index >= 15 is 0 Å². The smallest absolute Gasteiger partial charge is 0.326 e. The zero-order valence-electron chi connectivity index (χ0n) is 9.24. The van der Waals surface area contributed by atoms with Crippen molar-refractivity contribution in [2.75, 3.05) is 18.6 Å². The minimum atomic E-state index is -1.01. The van der Waals surface area contributed by atoms with Crippen molar-refractivity contribution in [2.45, 2.75) is 19.9 Å². The van der Waals surface area contributed by atoms with Crippen LogP contribution in [0.25, 0.3) is 0 Å². The minimum Gasteiger partial charge on any atom is -0.480 e. The maximum atomic E-state index is 11.2. The van der Waals surface area contributed by atoms with Crippen molar-refractivity contribution in [3.05, 3.63) is 0 Å². The van der Waals surface area contributed by atoms with Crippen LogP contribution in [0.2, 0.25) is 0 Å². The van der Waals surface area contributed by atoms with Gasteiger partial charge in [-0.05, 0) is 12.2 Å². The first-order valence-electron chi connectivity index (χ1n) is 4.75. The van der Waals surface area contributed by atoms with Crippen LogP contribution in [0, 0.1) is 5.92 Å². The zero-order chi connectivity index (χ0) is 11.8. The van der Waals surface area contributed by atoms with E-state index in [-0.39, 0.29) is 5.92 Å². The van der Waals surface area contributed by atoms with Crippen molar-refractivity contribution >= 4 is 23.8 Å². The molecule has 0 aliphatic rings. The number of thioether (sulfide) groups is 1. The van der Waals surface area contributed by atoms with E-state index in [0.717, 1.165) is 5.75 Å². The zero-order valence-corrected chi connectivity index (χ0v) is 10.1. The predicted octanol–water partition coefficient (Wildman–Crippen LogP) is 0.758. The largest absolute Gasteiger partial charge is 0.480 e. The number of aliphatic carboxylic acids is 1. The number of hydrogen-bond acceptors (Lipinski definition) is 3. The molecule has 5 nitrogen and oxygen atoms in total. The van der Waals surface area contributed by atoms with E-state index < -0.39 is 18.0 Å². The average Bonchev–Trinajstić information content (AvgIpc) is 2.13. The van der Waals surface area contributed by atoms with Crippen molar-refractivity contribution in [3.63, 3.8) is 0 Å². The number of carboxylic acids is 1. The molecule has 15 heavy (non-hydrogen) atoms. The third-order valence-electron chi connectivity index (χ3n) is 1.81. The molecule has 0 fully saturated rings. The number of hydrogen-bond donors (Lipinski definition) is 3. The molecule has 0 aliphatic heterocycles. The third-order valence-corrected chi connectivity index (χ3v) is 2.42. The van der Waals surface area contributed by atoms with Gasteiger partial charge in [-0.25, -0.2) is 9.59 Å². The SMILES string of the molecule is CSCCNC(=O)N[C@@H](C(=O)O)C(C)C. The lowest BCUT2D eigenvalue weighted by atomic mass is 10.1. The molecule has 0 aromatic rings. The Labute approximate surface area is 94.0 Å². The maximum absolute atomic E-state index is 11.2. The van der Waals surface area contributed by atoms with E-state index in [1.165, 1.54) is 0 Å². The standard InChI is InChI=1S/C9H18N2O3S/c1-6(2)7(8(12)13)11-9(14)10-4-5-15-3/h6-7H,4-5H2,1-3H3,(H,12,13)(H2,10,11,14)/t7-/m1/s1. The second kappa shape index (κ2) is 7.39. The predicted molar refractivity (Wildman–Crippen MR) is 61.2 cm³/mol. The Kier molecular flexibility index (Phi) is 6.94. The van der Waals surface area contributed by atoms with E-state index in [0.29, 0.717) is 6.54 Å². The number of carbonyl (C=O) groups is 2. The molecule has 2 amide bonds. The van der Waals surface area contributed by atoms with Gasteiger partial charge in [0.2, 0.25) is 0 Å². The molecular formula is C9H18N2O3S. The molecule has 0 heterocycles. The van der Waals surface area contributed by atoms with Crippen LogP contribution in [0.1, 0.15) is 13.8 Å². The summed E-state index contributed by atoms with van der Waals surface area (Å²) in [5.41, 5.74) is 0. The lowest BCUT2D eigenvalue weighted by Gasteiger charge is -2.18. The summed E-state index contributed by atoms with van der Waals surface area (Å²) < 4.78 is 0. The van der Waals surface area contributed by atoms with Crippen molar-refractivity contribution in [3.8, 4) is 0 Å². The van der Waals surface area contributed by atoms with Gasteiger partial charge in [-0.15, -0.1) is 0 Å².